The summed E-state index contributed by atoms with van der Waals surface area (Å²) in [6.45, 7) is 7.11. The van der Waals surface area contributed by atoms with Crippen molar-refractivity contribution in [2.75, 3.05) is 13.1 Å². The second-order valence-corrected chi connectivity index (χ2v) is 12.5. The average molecular weight is 613 g/mol. The largest absolute Gasteiger partial charge is 0.476 e. The highest BCUT2D eigenvalue weighted by atomic mass is 16.4. The van der Waals surface area contributed by atoms with Gasteiger partial charge in [-0.05, 0) is 49.3 Å². The maximum absolute atomic E-state index is 14.6. The summed E-state index contributed by atoms with van der Waals surface area (Å²) in [6, 6.07) is 15.3. The van der Waals surface area contributed by atoms with E-state index in [0.29, 0.717) is 37.6 Å². The number of benzene rings is 2. The Morgan fingerprint density at radius 3 is 2.33 bits per heavy atom. The van der Waals surface area contributed by atoms with Crippen LogP contribution in [-0.2, 0) is 17.8 Å². The fraction of sp³-hybridized carbons (Fsp3) is 0.429. The molecule has 3 amide bonds. The second-order valence-electron chi connectivity index (χ2n) is 12.5. The van der Waals surface area contributed by atoms with Crippen molar-refractivity contribution in [3.63, 3.8) is 0 Å². The first kappa shape index (κ1) is 32.0. The molecule has 0 bridgehead atoms. The number of carboxylic acids is 1. The fourth-order valence-corrected chi connectivity index (χ4v) is 6.37. The van der Waals surface area contributed by atoms with Crippen LogP contribution in [0.15, 0.2) is 60.8 Å². The highest BCUT2D eigenvalue weighted by Crippen LogP contribution is 2.33. The van der Waals surface area contributed by atoms with Crippen molar-refractivity contribution in [2.24, 2.45) is 11.7 Å². The highest BCUT2D eigenvalue weighted by molar-refractivity contribution is 5.98. The predicted molar refractivity (Wildman–Crippen MR) is 174 cm³/mol. The molecule has 2 aromatic carbocycles. The molecule has 0 saturated carbocycles. The number of imidazole rings is 1. The van der Waals surface area contributed by atoms with E-state index >= 15 is 0 Å². The molecule has 4 N–H and O–H groups in total. The molecule has 1 saturated heterocycles. The van der Waals surface area contributed by atoms with Crippen molar-refractivity contribution in [1.29, 1.82) is 0 Å². The lowest BCUT2D eigenvalue weighted by atomic mass is 9.99. The van der Waals surface area contributed by atoms with E-state index < -0.39 is 30.0 Å². The number of aromatic nitrogens is 3. The number of para-hydroxylation sites is 1. The zero-order valence-corrected chi connectivity index (χ0v) is 26.4. The van der Waals surface area contributed by atoms with Crippen molar-refractivity contribution in [3.8, 4) is 0 Å². The molecule has 238 valence electrons. The molecule has 0 aliphatic carbocycles. The number of nitrogens with two attached hydrogens (primary N) is 1. The lowest BCUT2D eigenvalue weighted by molar-refractivity contribution is -0.132. The Morgan fingerprint density at radius 2 is 1.67 bits per heavy atom. The molecule has 0 radical (unpaired) electrons. The van der Waals surface area contributed by atoms with Gasteiger partial charge in [-0.2, -0.15) is 0 Å². The third-order valence-electron chi connectivity index (χ3n) is 8.70. The van der Waals surface area contributed by atoms with E-state index in [9.17, 15) is 19.5 Å². The molecular formula is C35H44N6O4. The van der Waals surface area contributed by atoms with Crippen LogP contribution in [0, 0.1) is 12.8 Å². The first-order valence-electron chi connectivity index (χ1n) is 15.9. The van der Waals surface area contributed by atoms with Gasteiger partial charge in [0.25, 0.3) is 0 Å². The number of aromatic amines is 1. The number of carboxylic acid groups (broad SMARTS) is 1. The van der Waals surface area contributed by atoms with Crippen molar-refractivity contribution in [3.05, 3.63) is 89.1 Å². The van der Waals surface area contributed by atoms with E-state index in [4.69, 9.17) is 5.73 Å². The Hall–Kier alpha value is -4.44. The summed E-state index contributed by atoms with van der Waals surface area (Å²) in [7, 11) is 0. The Labute approximate surface area is 264 Å². The summed E-state index contributed by atoms with van der Waals surface area (Å²) in [5.41, 5.74) is 9.65. The molecule has 5 rings (SSSR count). The molecule has 4 aromatic rings. The minimum absolute atomic E-state index is 0.106. The molecule has 10 heteroatoms. The van der Waals surface area contributed by atoms with Crippen LogP contribution in [0.1, 0.15) is 85.1 Å². The second kappa shape index (κ2) is 14.1. The predicted octanol–water partition coefficient (Wildman–Crippen LogP) is 5.90. The number of H-pyrrole nitrogens is 1. The zero-order valence-electron chi connectivity index (χ0n) is 26.4. The summed E-state index contributed by atoms with van der Waals surface area (Å²) < 4.78 is 1.84. The Morgan fingerprint density at radius 1 is 1.00 bits per heavy atom. The van der Waals surface area contributed by atoms with Crippen molar-refractivity contribution < 1.29 is 19.5 Å². The van der Waals surface area contributed by atoms with Gasteiger partial charge < -0.3 is 25.3 Å². The number of nitrogens with one attached hydrogen (secondary N) is 1. The Kier molecular flexibility index (Phi) is 10.0. The zero-order chi connectivity index (χ0) is 32.1. The molecule has 1 fully saturated rings. The van der Waals surface area contributed by atoms with E-state index in [0.717, 1.165) is 47.7 Å². The maximum atomic E-state index is 14.6. The Bertz CT molecular complexity index is 1630. The molecule has 2 aromatic heterocycles. The molecule has 0 spiro atoms. The minimum Gasteiger partial charge on any atom is -0.476 e. The van der Waals surface area contributed by atoms with Crippen molar-refractivity contribution >= 4 is 28.8 Å². The molecule has 10 nitrogen and oxygen atoms in total. The number of imide groups is 1. The van der Waals surface area contributed by atoms with E-state index in [-0.39, 0.29) is 18.0 Å². The number of urea groups is 1. The number of carbonyl (C=O) groups excluding carboxylic acids is 2. The highest BCUT2D eigenvalue weighted by Gasteiger charge is 2.40. The number of likely N-dealkylation sites (tertiary alicyclic amines) is 1. The van der Waals surface area contributed by atoms with E-state index in [1.807, 2.05) is 79.2 Å². The molecule has 3 heterocycles. The third-order valence-corrected chi connectivity index (χ3v) is 8.70. The molecule has 1 aliphatic heterocycles. The number of amides is 3. The summed E-state index contributed by atoms with van der Waals surface area (Å²) in [4.78, 5) is 52.5. The van der Waals surface area contributed by atoms with Gasteiger partial charge in [0.05, 0.1) is 6.04 Å². The van der Waals surface area contributed by atoms with Crippen LogP contribution in [0.5, 0.6) is 0 Å². The van der Waals surface area contributed by atoms with Crippen molar-refractivity contribution in [2.45, 2.75) is 77.9 Å². The van der Waals surface area contributed by atoms with Crippen LogP contribution >= 0.6 is 0 Å². The van der Waals surface area contributed by atoms with Crippen LogP contribution in [-0.4, -0.2) is 66.5 Å². The monoisotopic (exact) mass is 612 g/mol. The van der Waals surface area contributed by atoms with Crippen LogP contribution < -0.4 is 5.73 Å². The van der Waals surface area contributed by atoms with Gasteiger partial charge in [-0.25, -0.2) is 14.6 Å². The van der Waals surface area contributed by atoms with Crippen LogP contribution in [0.25, 0.3) is 10.9 Å². The van der Waals surface area contributed by atoms with Gasteiger partial charge in [0.15, 0.2) is 5.69 Å². The number of carbonyl (C=O) groups is 3. The lowest BCUT2D eigenvalue weighted by Crippen LogP contribution is -2.54. The number of nitrogens with zero attached hydrogens (tertiary/aromatic N) is 4. The van der Waals surface area contributed by atoms with Crippen LogP contribution in [0.2, 0.25) is 0 Å². The van der Waals surface area contributed by atoms with Gasteiger partial charge in [-0.3, -0.25) is 9.69 Å². The van der Waals surface area contributed by atoms with Gasteiger partial charge in [0, 0.05) is 48.8 Å². The maximum Gasteiger partial charge on any atom is 0.356 e. The van der Waals surface area contributed by atoms with Crippen LogP contribution in [0.4, 0.5) is 4.79 Å². The SMILES string of the molecule is Cc1c(C(=O)O)nc([C@@H](Cc2c[nH]c3ccccc23)N(C(=O)[C@@H](N)CC(C)C)C(=O)N2CCCCCC2)n1Cc1ccccc1. The summed E-state index contributed by atoms with van der Waals surface area (Å²) in [5, 5.41) is 11.1. The first-order chi connectivity index (χ1) is 21.7. The van der Waals surface area contributed by atoms with Gasteiger partial charge in [0.2, 0.25) is 5.91 Å². The van der Waals surface area contributed by atoms with E-state index in [1.54, 1.807) is 11.8 Å². The molecule has 45 heavy (non-hydrogen) atoms. The summed E-state index contributed by atoms with van der Waals surface area (Å²) in [5.74, 6) is -1.18. The number of rotatable bonds is 10. The number of fused-ring (bicyclic) bond motifs is 1. The van der Waals surface area contributed by atoms with Gasteiger partial charge in [-0.15, -0.1) is 0 Å². The van der Waals surface area contributed by atoms with Gasteiger partial charge in [0.1, 0.15) is 11.9 Å². The minimum atomic E-state index is -1.17. The number of hydrogen-bond acceptors (Lipinski definition) is 5. The first-order valence-corrected chi connectivity index (χ1v) is 15.9. The smallest absolute Gasteiger partial charge is 0.356 e. The fourth-order valence-electron chi connectivity index (χ4n) is 6.37. The average Bonchev–Trinajstić information content (AvgIpc) is 3.44. The van der Waals surface area contributed by atoms with Gasteiger partial charge in [-0.1, -0.05) is 75.2 Å². The molecule has 1 aliphatic rings. The number of aromatic carboxylic acids is 1. The summed E-state index contributed by atoms with van der Waals surface area (Å²) >= 11 is 0. The summed E-state index contributed by atoms with van der Waals surface area (Å²) in [6.07, 6.45) is 6.26. The van der Waals surface area contributed by atoms with E-state index in [2.05, 4.69) is 9.97 Å². The molecular weight excluding hydrogens is 568 g/mol. The molecule has 2 atom stereocenters. The van der Waals surface area contributed by atoms with Gasteiger partial charge >= 0.3 is 12.0 Å². The third kappa shape index (κ3) is 7.12. The Balaban J connectivity index is 1.71. The number of hydrogen-bond donors (Lipinski definition) is 3. The topological polar surface area (TPSA) is 138 Å². The van der Waals surface area contributed by atoms with Crippen LogP contribution in [0.3, 0.4) is 0 Å². The van der Waals surface area contributed by atoms with Crippen molar-refractivity contribution in [1.82, 2.24) is 24.3 Å². The van der Waals surface area contributed by atoms with E-state index in [1.165, 1.54) is 4.90 Å². The normalized spacial score (nSPS) is 15.2. The quantitative estimate of drug-likeness (QED) is 0.204. The standard InChI is InChI=1S/C35H44N6O4/c1-23(2)19-28(36)33(42)41(35(45)39-17-11-4-5-12-18-39)30(20-26-21-37-29-16-10-9-15-27(26)29)32-38-31(34(43)44)24(3)40(32)22-25-13-7-6-8-14-25/h6-10,13-16,21,23,28,30,37H,4-5,11-12,17-20,22,36H2,1-3H3,(H,43,44)/t28-,30+/m0/s1. The molecule has 0 unspecified atom stereocenters. The lowest BCUT2D eigenvalue weighted by Gasteiger charge is -2.36.